The van der Waals surface area contributed by atoms with Crippen LogP contribution < -0.4 is 5.32 Å². The van der Waals surface area contributed by atoms with Crippen molar-refractivity contribution in [2.45, 2.75) is 19.4 Å². The molecule has 0 spiro atoms. The highest BCUT2D eigenvalue weighted by Gasteiger charge is 2.51. The third-order valence-electron chi connectivity index (χ3n) is 4.54. The number of rotatable bonds is 4. The molecule has 5 nitrogen and oxygen atoms in total. The number of fused-ring (bicyclic) bond motifs is 2. The summed E-state index contributed by atoms with van der Waals surface area (Å²) < 4.78 is 0. The molecular weight excluding hydrogens is 268 g/mol. The molecule has 1 aromatic rings. The van der Waals surface area contributed by atoms with Crippen molar-refractivity contribution < 1.29 is 14.7 Å². The maximum absolute atomic E-state index is 12.5. The summed E-state index contributed by atoms with van der Waals surface area (Å²) in [6, 6.07) is 5.31. The van der Waals surface area contributed by atoms with Crippen LogP contribution in [-0.2, 0) is 9.59 Å². The minimum absolute atomic E-state index is 0.00611. The Bertz CT molecular complexity index is 584. The zero-order chi connectivity index (χ0) is 15.0. The molecule has 1 saturated carbocycles. The van der Waals surface area contributed by atoms with Crippen LogP contribution in [0.1, 0.15) is 25.1 Å². The Morgan fingerprint density at radius 1 is 1.29 bits per heavy atom. The largest absolute Gasteiger partial charge is 0.481 e. The molecule has 3 rings (SSSR count). The van der Waals surface area contributed by atoms with Crippen molar-refractivity contribution in [2.24, 2.45) is 23.7 Å². The molecule has 2 N–H and O–H groups in total. The number of carboxylic acid groups (broad SMARTS) is 1. The normalized spacial score (nSPS) is 31.1. The lowest BCUT2D eigenvalue weighted by molar-refractivity contribution is -0.148. The molecule has 110 valence electrons. The van der Waals surface area contributed by atoms with E-state index in [9.17, 15) is 14.7 Å². The second kappa shape index (κ2) is 5.31. The SMILES string of the molecule is C[C@H](NC(=O)C1C2C=CC(C2)C1C(=O)O)c1ccccn1. The van der Waals surface area contributed by atoms with E-state index in [1.165, 1.54) is 0 Å². The quantitative estimate of drug-likeness (QED) is 0.827. The van der Waals surface area contributed by atoms with Crippen LogP contribution in [0.5, 0.6) is 0 Å². The van der Waals surface area contributed by atoms with E-state index in [0.717, 1.165) is 12.1 Å². The number of carboxylic acids is 1. The predicted molar refractivity (Wildman–Crippen MR) is 76.1 cm³/mol. The first-order chi connectivity index (χ1) is 10.1. The molecule has 1 heterocycles. The van der Waals surface area contributed by atoms with Crippen molar-refractivity contribution in [1.82, 2.24) is 10.3 Å². The fraction of sp³-hybridized carbons (Fsp3) is 0.438. The number of carbonyl (C=O) groups excluding carboxylic acids is 1. The van der Waals surface area contributed by atoms with Crippen molar-refractivity contribution >= 4 is 11.9 Å². The zero-order valence-corrected chi connectivity index (χ0v) is 11.8. The summed E-state index contributed by atoms with van der Waals surface area (Å²) in [6.45, 7) is 1.86. The first kappa shape index (κ1) is 13.8. The fourth-order valence-electron chi connectivity index (χ4n) is 3.53. The smallest absolute Gasteiger partial charge is 0.307 e. The van der Waals surface area contributed by atoms with Gasteiger partial charge in [-0.05, 0) is 37.3 Å². The lowest BCUT2D eigenvalue weighted by atomic mass is 9.82. The van der Waals surface area contributed by atoms with Gasteiger partial charge in [0.25, 0.3) is 0 Å². The Labute approximate surface area is 123 Å². The van der Waals surface area contributed by atoms with Crippen LogP contribution in [0.2, 0.25) is 0 Å². The molecule has 5 atom stereocenters. The number of nitrogens with one attached hydrogen (secondary N) is 1. The van der Waals surface area contributed by atoms with E-state index in [2.05, 4.69) is 10.3 Å². The van der Waals surface area contributed by atoms with Gasteiger partial charge in [0.15, 0.2) is 0 Å². The van der Waals surface area contributed by atoms with Crippen LogP contribution in [0.25, 0.3) is 0 Å². The summed E-state index contributed by atoms with van der Waals surface area (Å²) in [5.74, 6) is -2.09. The minimum Gasteiger partial charge on any atom is -0.481 e. The van der Waals surface area contributed by atoms with E-state index in [4.69, 9.17) is 0 Å². The molecule has 2 aliphatic rings. The third-order valence-corrected chi connectivity index (χ3v) is 4.54. The number of pyridine rings is 1. The van der Waals surface area contributed by atoms with Gasteiger partial charge in [-0.25, -0.2) is 0 Å². The van der Waals surface area contributed by atoms with E-state index in [-0.39, 0.29) is 23.8 Å². The highest BCUT2D eigenvalue weighted by molar-refractivity contribution is 5.87. The summed E-state index contributed by atoms with van der Waals surface area (Å²) in [5.41, 5.74) is 0.774. The van der Waals surface area contributed by atoms with Crippen molar-refractivity contribution in [3.63, 3.8) is 0 Å². The number of aromatic nitrogens is 1. The van der Waals surface area contributed by atoms with Gasteiger partial charge in [0.05, 0.1) is 23.6 Å². The summed E-state index contributed by atoms with van der Waals surface area (Å²) in [7, 11) is 0. The number of allylic oxidation sites excluding steroid dienone is 2. The molecule has 0 aromatic carbocycles. The second-order valence-corrected chi connectivity index (χ2v) is 5.82. The summed E-state index contributed by atoms with van der Waals surface area (Å²) in [5, 5.41) is 12.3. The first-order valence-corrected chi connectivity index (χ1v) is 7.20. The molecule has 2 aliphatic carbocycles. The maximum atomic E-state index is 12.5. The molecule has 21 heavy (non-hydrogen) atoms. The molecule has 2 bridgehead atoms. The van der Waals surface area contributed by atoms with E-state index in [1.54, 1.807) is 6.20 Å². The zero-order valence-electron chi connectivity index (χ0n) is 11.8. The number of hydrogen-bond acceptors (Lipinski definition) is 3. The van der Waals surface area contributed by atoms with Gasteiger partial charge in [-0.2, -0.15) is 0 Å². The van der Waals surface area contributed by atoms with E-state index >= 15 is 0 Å². The molecule has 1 fully saturated rings. The standard InChI is InChI=1S/C16H18N2O3/c1-9(12-4-2-3-7-17-12)18-15(19)13-10-5-6-11(8-10)14(13)16(20)21/h2-7,9-11,13-14H,8H2,1H3,(H,18,19)(H,20,21)/t9-,10?,11?,13?,14?/m0/s1. The van der Waals surface area contributed by atoms with Gasteiger partial charge in [-0.3, -0.25) is 14.6 Å². The average molecular weight is 286 g/mol. The molecule has 1 aromatic heterocycles. The number of carbonyl (C=O) groups is 2. The van der Waals surface area contributed by atoms with Gasteiger partial charge in [-0.1, -0.05) is 18.2 Å². The summed E-state index contributed by atoms with van der Waals surface area (Å²) in [4.78, 5) is 28.1. The van der Waals surface area contributed by atoms with E-state index < -0.39 is 17.8 Å². The second-order valence-electron chi connectivity index (χ2n) is 5.82. The van der Waals surface area contributed by atoms with Gasteiger partial charge < -0.3 is 10.4 Å². The highest BCUT2D eigenvalue weighted by atomic mass is 16.4. The van der Waals surface area contributed by atoms with Gasteiger partial charge >= 0.3 is 5.97 Å². The number of nitrogens with zero attached hydrogens (tertiary/aromatic N) is 1. The minimum atomic E-state index is -0.877. The first-order valence-electron chi connectivity index (χ1n) is 7.20. The van der Waals surface area contributed by atoms with Crippen LogP contribution in [-0.4, -0.2) is 22.0 Å². The maximum Gasteiger partial charge on any atom is 0.307 e. The lowest BCUT2D eigenvalue weighted by Crippen LogP contribution is -2.41. The Hall–Kier alpha value is -2.17. The van der Waals surface area contributed by atoms with Gasteiger partial charge in [0, 0.05) is 6.20 Å². The highest BCUT2D eigenvalue weighted by Crippen LogP contribution is 2.48. The van der Waals surface area contributed by atoms with Gasteiger partial charge in [0.1, 0.15) is 0 Å². The van der Waals surface area contributed by atoms with E-state index in [0.29, 0.717) is 0 Å². The Morgan fingerprint density at radius 2 is 2.00 bits per heavy atom. The average Bonchev–Trinajstić information content (AvgIpc) is 3.08. The Balaban J connectivity index is 1.73. The van der Waals surface area contributed by atoms with Crippen LogP contribution >= 0.6 is 0 Å². The monoisotopic (exact) mass is 286 g/mol. The molecule has 0 radical (unpaired) electrons. The van der Waals surface area contributed by atoms with Crippen molar-refractivity contribution in [2.75, 3.05) is 0 Å². The number of hydrogen-bond donors (Lipinski definition) is 2. The van der Waals surface area contributed by atoms with Crippen molar-refractivity contribution in [1.29, 1.82) is 0 Å². The van der Waals surface area contributed by atoms with Crippen LogP contribution in [0.4, 0.5) is 0 Å². The van der Waals surface area contributed by atoms with Crippen LogP contribution in [0.3, 0.4) is 0 Å². The van der Waals surface area contributed by atoms with E-state index in [1.807, 2.05) is 37.3 Å². The topological polar surface area (TPSA) is 79.3 Å². The van der Waals surface area contributed by atoms with Gasteiger partial charge in [-0.15, -0.1) is 0 Å². The number of amides is 1. The van der Waals surface area contributed by atoms with Gasteiger partial charge in [0.2, 0.25) is 5.91 Å². The molecule has 0 aliphatic heterocycles. The third kappa shape index (κ3) is 2.44. The van der Waals surface area contributed by atoms with Crippen molar-refractivity contribution in [3.8, 4) is 0 Å². The fourth-order valence-corrected chi connectivity index (χ4v) is 3.53. The Morgan fingerprint density at radius 3 is 2.62 bits per heavy atom. The predicted octanol–water partition coefficient (Wildman–Crippen LogP) is 1.78. The Kier molecular flexibility index (Phi) is 3.49. The molecule has 1 amide bonds. The lowest BCUT2D eigenvalue weighted by Gasteiger charge is -2.25. The van der Waals surface area contributed by atoms with Crippen LogP contribution in [0, 0.1) is 23.7 Å². The summed E-state index contributed by atoms with van der Waals surface area (Å²) >= 11 is 0. The molecule has 0 saturated heterocycles. The number of aliphatic carboxylic acids is 1. The summed E-state index contributed by atoms with van der Waals surface area (Å²) in [6.07, 6.45) is 6.38. The van der Waals surface area contributed by atoms with Crippen molar-refractivity contribution in [3.05, 3.63) is 42.2 Å². The molecule has 4 unspecified atom stereocenters. The van der Waals surface area contributed by atoms with Crippen LogP contribution in [0.15, 0.2) is 36.5 Å². The molecule has 5 heteroatoms. The molecular formula is C16H18N2O3.